The lowest BCUT2D eigenvalue weighted by Gasteiger charge is -2.06. The second-order valence-electron chi connectivity index (χ2n) is 5.35. The van der Waals surface area contributed by atoms with Gasteiger partial charge in [-0.2, -0.15) is 0 Å². The van der Waals surface area contributed by atoms with Crippen LogP contribution >= 0.6 is 0 Å². The predicted molar refractivity (Wildman–Crippen MR) is 92.6 cm³/mol. The molecule has 0 saturated heterocycles. The number of carbonyl (C=O) groups excluding carboxylic acids is 2. The minimum atomic E-state index is -0.892. The molecule has 3 rings (SSSR count). The molecule has 0 unspecified atom stereocenters. The summed E-state index contributed by atoms with van der Waals surface area (Å²) in [7, 11) is 2.86. The topological polar surface area (TPSA) is 116 Å². The summed E-state index contributed by atoms with van der Waals surface area (Å²) in [6.07, 6.45) is 3.25. The van der Waals surface area contributed by atoms with Crippen molar-refractivity contribution in [1.29, 1.82) is 0 Å². The van der Waals surface area contributed by atoms with Crippen molar-refractivity contribution in [2.45, 2.75) is 0 Å². The molecule has 132 valence electrons. The van der Waals surface area contributed by atoms with E-state index in [-0.39, 0.29) is 17.0 Å². The molecule has 26 heavy (non-hydrogen) atoms. The number of carbonyl (C=O) groups is 2. The molecule has 0 aliphatic heterocycles. The van der Waals surface area contributed by atoms with Gasteiger partial charge < -0.3 is 10.1 Å². The number of nitro benzene ring substituents is 1. The summed E-state index contributed by atoms with van der Waals surface area (Å²) >= 11 is 0. The summed E-state index contributed by atoms with van der Waals surface area (Å²) in [5, 5.41) is 14.1. The fraction of sp³-hybridized carbons (Fsp3) is 0.118. The predicted octanol–water partition coefficient (Wildman–Crippen LogP) is 2.30. The van der Waals surface area contributed by atoms with Gasteiger partial charge in [-0.1, -0.05) is 0 Å². The van der Waals surface area contributed by atoms with Crippen LogP contribution in [0.4, 0.5) is 11.4 Å². The lowest BCUT2D eigenvalue weighted by molar-refractivity contribution is -0.385. The third-order valence-corrected chi connectivity index (χ3v) is 3.88. The Hall–Kier alpha value is -3.75. The van der Waals surface area contributed by atoms with E-state index in [2.05, 4.69) is 15.0 Å². The number of nitrogens with one attached hydrogen (secondary N) is 1. The smallest absolute Gasteiger partial charge is 0.344 e. The Morgan fingerprint density at radius 3 is 2.69 bits per heavy atom. The molecule has 1 aromatic carbocycles. The molecular formula is C17H14N4O5. The number of hydrogen-bond acceptors (Lipinski definition) is 7. The van der Waals surface area contributed by atoms with Crippen LogP contribution in [0, 0.1) is 10.1 Å². The van der Waals surface area contributed by atoms with E-state index in [1.807, 2.05) is 6.07 Å². The van der Waals surface area contributed by atoms with Crippen LogP contribution in [0.25, 0.3) is 5.52 Å². The van der Waals surface area contributed by atoms with Gasteiger partial charge in [0.1, 0.15) is 5.56 Å². The maximum Gasteiger partial charge on any atom is 0.344 e. The van der Waals surface area contributed by atoms with Gasteiger partial charge in [0, 0.05) is 24.9 Å². The molecule has 0 aliphatic carbocycles. The molecule has 3 aromatic rings. The number of imidazole rings is 1. The highest BCUT2D eigenvalue weighted by Crippen LogP contribution is 2.23. The maximum atomic E-state index is 12.8. The highest BCUT2D eigenvalue weighted by atomic mass is 16.6. The molecule has 0 amide bonds. The van der Waals surface area contributed by atoms with E-state index in [4.69, 9.17) is 0 Å². The summed E-state index contributed by atoms with van der Waals surface area (Å²) in [4.78, 5) is 39.2. The normalized spacial score (nSPS) is 10.5. The number of esters is 1. The molecule has 1 N–H and O–H groups in total. The van der Waals surface area contributed by atoms with Crippen molar-refractivity contribution < 1.29 is 19.2 Å². The quantitative estimate of drug-likeness (QED) is 0.323. The van der Waals surface area contributed by atoms with E-state index in [0.717, 1.165) is 24.9 Å². The lowest BCUT2D eigenvalue weighted by Crippen LogP contribution is -2.11. The number of hydrogen-bond donors (Lipinski definition) is 1. The summed E-state index contributed by atoms with van der Waals surface area (Å²) < 4.78 is 6.17. The Morgan fingerprint density at radius 2 is 2.04 bits per heavy atom. The van der Waals surface area contributed by atoms with Crippen molar-refractivity contribution >= 4 is 28.6 Å². The number of anilines is 1. The minimum absolute atomic E-state index is 0.0957. The summed E-state index contributed by atoms with van der Waals surface area (Å²) in [6.45, 7) is 0. The Kier molecular flexibility index (Phi) is 4.36. The van der Waals surface area contributed by atoms with Crippen molar-refractivity contribution in [3.8, 4) is 0 Å². The van der Waals surface area contributed by atoms with Crippen LogP contribution in [0.2, 0.25) is 0 Å². The van der Waals surface area contributed by atoms with Gasteiger partial charge in [-0.3, -0.25) is 19.3 Å². The van der Waals surface area contributed by atoms with E-state index < -0.39 is 22.4 Å². The second-order valence-corrected chi connectivity index (χ2v) is 5.35. The average Bonchev–Trinajstić information content (AvgIpc) is 3.09. The van der Waals surface area contributed by atoms with Gasteiger partial charge in [-0.05, 0) is 24.3 Å². The Labute approximate surface area is 147 Å². The number of benzene rings is 1. The lowest BCUT2D eigenvalue weighted by atomic mass is 10.0. The van der Waals surface area contributed by atoms with Crippen molar-refractivity contribution in [2.24, 2.45) is 0 Å². The number of pyridine rings is 1. The molecule has 0 fully saturated rings. The van der Waals surface area contributed by atoms with Gasteiger partial charge in [-0.25, -0.2) is 9.78 Å². The van der Waals surface area contributed by atoms with E-state index in [9.17, 15) is 19.7 Å². The van der Waals surface area contributed by atoms with E-state index in [1.54, 1.807) is 29.9 Å². The molecular weight excluding hydrogens is 340 g/mol. The van der Waals surface area contributed by atoms with Gasteiger partial charge in [0.15, 0.2) is 5.82 Å². The molecule has 0 bridgehead atoms. The number of ketones is 1. The Bertz CT molecular complexity index is 1040. The van der Waals surface area contributed by atoms with Crippen LogP contribution < -0.4 is 5.32 Å². The first-order chi connectivity index (χ1) is 12.5. The van der Waals surface area contributed by atoms with Crippen LogP contribution in [0.1, 0.15) is 26.5 Å². The number of ether oxygens (including phenoxy) is 1. The zero-order chi connectivity index (χ0) is 18.8. The zero-order valence-corrected chi connectivity index (χ0v) is 13.9. The molecule has 2 heterocycles. The van der Waals surface area contributed by atoms with Crippen molar-refractivity contribution in [1.82, 2.24) is 9.38 Å². The van der Waals surface area contributed by atoms with E-state index in [1.165, 1.54) is 6.07 Å². The van der Waals surface area contributed by atoms with Gasteiger partial charge >= 0.3 is 5.97 Å². The zero-order valence-electron chi connectivity index (χ0n) is 13.9. The van der Waals surface area contributed by atoms with Crippen molar-refractivity contribution in [3.63, 3.8) is 0 Å². The number of rotatable bonds is 5. The van der Waals surface area contributed by atoms with Crippen LogP contribution in [-0.4, -0.2) is 40.2 Å². The molecule has 0 saturated carbocycles. The molecule has 0 radical (unpaired) electrons. The fourth-order valence-corrected chi connectivity index (χ4v) is 2.55. The Morgan fingerprint density at radius 1 is 1.27 bits per heavy atom. The first-order valence-electron chi connectivity index (χ1n) is 7.52. The van der Waals surface area contributed by atoms with Gasteiger partial charge in [-0.15, -0.1) is 0 Å². The largest absolute Gasteiger partial charge is 0.465 e. The van der Waals surface area contributed by atoms with Crippen LogP contribution in [-0.2, 0) is 4.74 Å². The number of nitrogens with zero attached hydrogens (tertiary/aromatic N) is 3. The Balaban J connectivity index is 2.11. The van der Waals surface area contributed by atoms with E-state index >= 15 is 0 Å². The number of aromatic nitrogens is 2. The third kappa shape index (κ3) is 2.86. The van der Waals surface area contributed by atoms with Crippen LogP contribution in [0.5, 0.6) is 0 Å². The van der Waals surface area contributed by atoms with Crippen molar-refractivity contribution in [2.75, 3.05) is 19.5 Å². The van der Waals surface area contributed by atoms with Crippen LogP contribution in [0.3, 0.4) is 0 Å². The minimum Gasteiger partial charge on any atom is -0.465 e. The first-order valence-corrected chi connectivity index (χ1v) is 7.52. The van der Waals surface area contributed by atoms with Gasteiger partial charge in [0.2, 0.25) is 5.78 Å². The van der Waals surface area contributed by atoms with E-state index in [0.29, 0.717) is 5.52 Å². The van der Waals surface area contributed by atoms with Crippen molar-refractivity contribution in [3.05, 3.63) is 69.8 Å². The highest BCUT2D eigenvalue weighted by Gasteiger charge is 2.24. The number of methoxy groups -OCH3 is 1. The molecule has 0 aliphatic rings. The fourth-order valence-electron chi connectivity index (χ4n) is 2.55. The molecule has 9 nitrogen and oxygen atoms in total. The number of nitro groups is 1. The number of fused-ring (bicyclic) bond motifs is 1. The highest BCUT2D eigenvalue weighted by molar-refractivity contribution is 6.09. The monoisotopic (exact) mass is 354 g/mol. The summed E-state index contributed by atoms with van der Waals surface area (Å²) in [5.41, 5.74) is 0.864. The molecule has 9 heteroatoms. The molecule has 0 atom stereocenters. The molecule has 2 aromatic heterocycles. The second kappa shape index (κ2) is 6.63. The van der Waals surface area contributed by atoms with Gasteiger partial charge in [0.25, 0.3) is 5.69 Å². The average molecular weight is 354 g/mol. The SMILES string of the molecule is CNc1ccc2cnc(C(=O)c3ccc([N+](=O)[O-])c(C(=O)OC)c3)n2c1. The van der Waals surface area contributed by atoms with Gasteiger partial charge in [0.05, 0.1) is 29.4 Å². The summed E-state index contributed by atoms with van der Waals surface area (Å²) in [6, 6.07) is 7.18. The standard InChI is InChI=1S/C17H14N4O5/c1-18-11-4-5-12-8-19-16(20(12)9-11)15(22)10-3-6-14(21(24)25)13(7-10)17(23)26-2/h3-9,18H,1-2H3. The first kappa shape index (κ1) is 17.1. The van der Waals surface area contributed by atoms with Crippen LogP contribution in [0.15, 0.2) is 42.7 Å². The summed E-state index contributed by atoms with van der Waals surface area (Å²) in [5.74, 6) is -1.24. The maximum absolute atomic E-state index is 12.8. The third-order valence-electron chi connectivity index (χ3n) is 3.88. The molecule has 0 spiro atoms.